The van der Waals surface area contributed by atoms with Gasteiger partial charge < -0.3 is 10.0 Å². The number of carboxylic acid groups (broad SMARTS) is 1. The molecular formula is C26H30F6N2O2. The van der Waals surface area contributed by atoms with Crippen LogP contribution in [0.3, 0.4) is 0 Å². The van der Waals surface area contributed by atoms with Gasteiger partial charge in [-0.15, -0.1) is 0 Å². The lowest BCUT2D eigenvalue weighted by atomic mass is 10.0. The molecule has 2 aromatic rings. The molecule has 0 saturated heterocycles. The molecule has 0 unspecified atom stereocenters. The first kappa shape index (κ1) is 27.7. The first-order chi connectivity index (χ1) is 16.8. The number of carbonyl (C=O) groups is 1. The fourth-order valence-electron chi connectivity index (χ4n) is 4.61. The van der Waals surface area contributed by atoms with E-state index in [-0.39, 0.29) is 18.2 Å². The van der Waals surface area contributed by atoms with E-state index in [0.717, 1.165) is 54.8 Å². The molecule has 0 spiro atoms. The van der Waals surface area contributed by atoms with Crippen LogP contribution in [-0.4, -0.2) is 29.2 Å². The molecule has 36 heavy (non-hydrogen) atoms. The molecule has 1 N–H and O–H groups in total. The van der Waals surface area contributed by atoms with Crippen LogP contribution < -0.4 is 4.90 Å². The number of amides is 1. The summed E-state index contributed by atoms with van der Waals surface area (Å²) in [7, 11) is 0. The standard InChI is InChI=1S/C26H30F6N2O2/c1-3-5-9-33(4-2)23-13-19-8-6-7-18(19)12-20(23)16-34(24(35)36)15-17-10-21(25(27,28)29)14-22(11-17)26(30,31)32/h10-14H,3-9,15-16H2,1-2H3,(H,35,36). The van der Waals surface area contributed by atoms with Gasteiger partial charge in [0.2, 0.25) is 0 Å². The van der Waals surface area contributed by atoms with Crippen LogP contribution in [0.4, 0.5) is 36.8 Å². The minimum atomic E-state index is -5.00. The van der Waals surface area contributed by atoms with Crippen molar-refractivity contribution in [1.29, 1.82) is 0 Å². The second-order valence-electron chi connectivity index (χ2n) is 9.09. The maximum absolute atomic E-state index is 13.3. The molecule has 1 aliphatic rings. The number of nitrogens with zero attached hydrogens (tertiary/aromatic N) is 2. The van der Waals surface area contributed by atoms with Gasteiger partial charge in [-0.3, -0.25) is 4.90 Å². The van der Waals surface area contributed by atoms with Crippen molar-refractivity contribution in [2.45, 2.75) is 71.4 Å². The first-order valence-electron chi connectivity index (χ1n) is 12.0. The molecule has 0 fully saturated rings. The van der Waals surface area contributed by atoms with E-state index in [4.69, 9.17) is 0 Å². The van der Waals surface area contributed by atoms with Crippen molar-refractivity contribution in [1.82, 2.24) is 4.90 Å². The van der Waals surface area contributed by atoms with Gasteiger partial charge in [0.25, 0.3) is 0 Å². The normalized spacial score (nSPS) is 13.6. The zero-order valence-corrected chi connectivity index (χ0v) is 20.3. The second-order valence-corrected chi connectivity index (χ2v) is 9.09. The van der Waals surface area contributed by atoms with Gasteiger partial charge >= 0.3 is 18.4 Å². The Balaban J connectivity index is 1.99. The van der Waals surface area contributed by atoms with Crippen LogP contribution in [0, 0.1) is 0 Å². The highest BCUT2D eigenvalue weighted by Crippen LogP contribution is 2.37. The summed E-state index contributed by atoms with van der Waals surface area (Å²) in [5.41, 5.74) is 0.542. The summed E-state index contributed by atoms with van der Waals surface area (Å²) in [5, 5.41) is 9.84. The third kappa shape index (κ3) is 6.64. The van der Waals surface area contributed by atoms with Crippen LogP contribution in [0.2, 0.25) is 0 Å². The molecular weight excluding hydrogens is 486 g/mol. The Kier molecular flexibility index (Phi) is 8.46. The van der Waals surface area contributed by atoms with E-state index in [1.54, 1.807) is 0 Å². The molecule has 0 aliphatic heterocycles. The number of hydrogen-bond acceptors (Lipinski definition) is 2. The van der Waals surface area contributed by atoms with Gasteiger partial charge in [0, 0.05) is 25.3 Å². The summed E-state index contributed by atoms with van der Waals surface area (Å²) in [6, 6.07) is 5.20. The summed E-state index contributed by atoms with van der Waals surface area (Å²) in [6.07, 6.45) is -6.79. The Labute approximate surface area is 206 Å². The molecule has 0 radical (unpaired) electrons. The maximum Gasteiger partial charge on any atom is 0.416 e. The zero-order valence-electron chi connectivity index (χ0n) is 20.3. The number of fused-ring (bicyclic) bond motifs is 1. The van der Waals surface area contributed by atoms with Crippen LogP contribution in [0.15, 0.2) is 30.3 Å². The minimum Gasteiger partial charge on any atom is -0.465 e. The summed E-state index contributed by atoms with van der Waals surface area (Å²) in [4.78, 5) is 15.1. The van der Waals surface area contributed by atoms with Crippen molar-refractivity contribution in [3.8, 4) is 0 Å². The average Bonchev–Trinajstić information content (AvgIpc) is 3.25. The summed E-state index contributed by atoms with van der Waals surface area (Å²) in [6.45, 7) is 4.73. The third-order valence-corrected chi connectivity index (χ3v) is 6.45. The van der Waals surface area contributed by atoms with Crippen LogP contribution in [0.1, 0.15) is 66.5 Å². The Morgan fingerprint density at radius 1 is 0.889 bits per heavy atom. The third-order valence-electron chi connectivity index (χ3n) is 6.45. The highest BCUT2D eigenvalue weighted by molar-refractivity contribution is 5.67. The number of halogens is 6. The Morgan fingerprint density at radius 3 is 1.97 bits per heavy atom. The van der Waals surface area contributed by atoms with Crippen molar-refractivity contribution in [3.05, 3.63) is 63.7 Å². The molecule has 1 amide bonds. The van der Waals surface area contributed by atoms with Gasteiger partial charge in [0.1, 0.15) is 0 Å². The average molecular weight is 517 g/mol. The molecule has 2 aromatic carbocycles. The monoisotopic (exact) mass is 516 g/mol. The number of unbranched alkanes of at least 4 members (excludes halogenated alkanes) is 1. The van der Waals surface area contributed by atoms with Gasteiger partial charge in [-0.05, 0) is 79.1 Å². The maximum atomic E-state index is 13.3. The molecule has 0 bridgehead atoms. The van der Waals surface area contributed by atoms with E-state index >= 15 is 0 Å². The highest BCUT2D eigenvalue weighted by Gasteiger charge is 2.37. The first-order valence-corrected chi connectivity index (χ1v) is 12.0. The van der Waals surface area contributed by atoms with Gasteiger partial charge in [-0.1, -0.05) is 19.4 Å². The van der Waals surface area contributed by atoms with Crippen molar-refractivity contribution < 1.29 is 36.2 Å². The van der Waals surface area contributed by atoms with E-state index in [1.807, 2.05) is 13.0 Å². The lowest BCUT2D eigenvalue weighted by molar-refractivity contribution is -0.143. The number of anilines is 1. The van der Waals surface area contributed by atoms with Crippen molar-refractivity contribution in [3.63, 3.8) is 0 Å². The Bertz CT molecular complexity index is 1050. The number of aryl methyl sites for hydroxylation is 2. The van der Waals surface area contributed by atoms with Crippen LogP contribution in [0.5, 0.6) is 0 Å². The zero-order chi connectivity index (χ0) is 26.7. The fraction of sp³-hybridized carbons (Fsp3) is 0.500. The Hall–Kier alpha value is -2.91. The SMILES string of the molecule is CCCCN(CC)c1cc2c(cc1CN(Cc1cc(C(F)(F)F)cc(C(F)(F)F)c1)C(=O)O)CCC2. The smallest absolute Gasteiger partial charge is 0.416 e. The largest absolute Gasteiger partial charge is 0.465 e. The topological polar surface area (TPSA) is 43.8 Å². The van der Waals surface area contributed by atoms with Crippen molar-refractivity contribution in [2.24, 2.45) is 0 Å². The number of benzene rings is 2. The van der Waals surface area contributed by atoms with Gasteiger partial charge in [0.05, 0.1) is 17.7 Å². The van der Waals surface area contributed by atoms with Gasteiger partial charge in [-0.2, -0.15) is 26.3 Å². The van der Waals surface area contributed by atoms with E-state index in [9.17, 15) is 36.2 Å². The molecule has 10 heteroatoms. The summed E-state index contributed by atoms with van der Waals surface area (Å²) < 4.78 is 79.7. The molecule has 0 atom stereocenters. The second kappa shape index (κ2) is 11.0. The quantitative estimate of drug-likeness (QED) is 0.351. The predicted molar refractivity (Wildman–Crippen MR) is 125 cm³/mol. The molecule has 1 aliphatic carbocycles. The van der Waals surface area contributed by atoms with Gasteiger partial charge in [-0.25, -0.2) is 4.79 Å². The van der Waals surface area contributed by atoms with E-state index < -0.39 is 36.1 Å². The fourth-order valence-corrected chi connectivity index (χ4v) is 4.61. The molecule has 198 valence electrons. The molecule has 0 heterocycles. The number of hydrogen-bond donors (Lipinski definition) is 1. The molecule has 0 saturated carbocycles. The predicted octanol–water partition coefficient (Wildman–Crippen LogP) is 7.52. The molecule has 3 rings (SSSR count). The van der Waals surface area contributed by atoms with Crippen molar-refractivity contribution >= 4 is 11.8 Å². The van der Waals surface area contributed by atoms with Crippen LogP contribution in [-0.2, 0) is 38.3 Å². The lowest BCUT2D eigenvalue weighted by Crippen LogP contribution is -2.31. The molecule has 4 nitrogen and oxygen atoms in total. The number of alkyl halides is 6. The summed E-state index contributed by atoms with van der Waals surface area (Å²) >= 11 is 0. The molecule has 0 aromatic heterocycles. The minimum absolute atomic E-state index is 0.0417. The van der Waals surface area contributed by atoms with E-state index in [2.05, 4.69) is 17.9 Å². The Morgan fingerprint density at radius 2 is 1.47 bits per heavy atom. The van der Waals surface area contributed by atoms with Crippen molar-refractivity contribution in [2.75, 3.05) is 18.0 Å². The summed E-state index contributed by atoms with van der Waals surface area (Å²) in [5.74, 6) is 0. The number of rotatable bonds is 9. The van der Waals surface area contributed by atoms with Gasteiger partial charge in [0.15, 0.2) is 0 Å². The highest BCUT2D eigenvalue weighted by atomic mass is 19.4. The van der Waals surface area contributed by atoms with E-state index in [1.165, 1.54) is 5.56 Å². The lowest BCUT2D eigenvalue weighted by Gasteiger charge is -2.29. The van der Waals surface area contributed by atoms with Crippen LogP contribution in [0.25, 0.3) is 0 Å². The van der Waals surface area contributed by atoms with E-state index in [0.29, 0.717) is 24.2 Å². The van der Waals surface area contributed by atoms with Crippen LogP contribution >= 0.6 is 0 Å².